The lowest BCUT2D eigenvalue weighted by atomic mass is 10.3. The highest BCUT2D eigenvalue weighted by atomic mass is 16.3. The van der Waals surface area contributed by atoms with E-state index in [1.807, 2.05) is 13.8 Å². The summed E-state index contributed by atoms with van der Waals surface area (Å²) in [5.74, 6) is 0.0344. The lowest BCUT2D eigenvalue weighted by Gasteiger charge is -2.26. The first kappa shape index (κ1) is 12.7. The molecule has 0 saturated carbocycles. The van der Waals surface area contributed by atoms with E-state index in [4.69, 9.17) is 5.11 Å². The number of nitrogens with zero attached hydrogens (tertiary/aromatic N) is 3. The molecular formula is C11H19N3O2. The van der Waals surface area contributed by atoms with Crippen molar-refractivity contribution in [2.45, 2.75) is 32.9 Å². The number of carbonyl (C=O) groups excluding carboxylic acids is 1. The molecule has 0 spiro atoms. The molecule has 1 aromatic rings. The van der Waals surface area contributed by atoms with Crippen LogP contribution < -0.4 is 0 Å². The zero-order valence-corrected chi connectivity index (χ0v) is 9.83. The SMILES string of the molecule is CC(C)N(CCCO)C(=O)Cn1cccn1. The van der Waals surface area contributed by atoms with Crippen LogP contribution in [0, 0.1) is 0 Å². The topological polar surface area (TPSA) is 58.4 Å². The molecule has 0 aliphatic rings. The summed E-state index contributed by atoms with van der Waals surface area (Å²) in [5.41, 5.74) is 0. The molecule has 0 radical (unpaired) electrons. The number of carbonyl (C=O) groups is 1. The zero-order valence-electron chi connectivity index (χ0n) is 9.83. The minimum Gasteiger partial charge on any atom is -0.396 e. The molecule has 90 valence electrons. The Hall–Kier alpha value is -1.36. The Bertz CT molecular complexity index is 309. The highest BCUT2D eigenvalue weighted by molar-refractivity contribution is 5.76. The van der Waals surface area contributed by atoms with Gasteiger partial charge in [0.15, 0.2) is 0 Å². The number of amides is 1. The van der Waals surface area contributed by atoms with E-state index in [1.54, 1.807) is 28.0 Å². The third kappa shape index (κ3) is 3.66. The van der Waals surface area contributed by atoms with Crippen molar-refractivity contribution in [1.29, 1.82) is 0 Å². The van der Waals surface area contributed by atoms with Crippen molar-refractivity contribution >= 4 is 5.91 Å². The van der Waals surface area contributed by atoms with Gasteiger partial charge in [0.25, 0.3) is 0 Å². The van der Waals surface area contributed by atoms with Crippen LogP contribution in [0.4, 0.5) is 0 Å². The molecule has 5 heteroatoms. The summed E-state index contributed by atoms with van der Waals surface area (Å²) in [6.45, 7) is 4.90. The lowest BCUT2D eigenvalue weighted by molar-refractivity contribution is -0.133. The van der Waals surface area contributed by atoms with Gasteiger partial charge in [0, 0.05) is 31.6 Å². The van der Waals surface area contributed by atoms with Gasteiger partial charge in [-0.3, -0.25) is 9.48 Å². The van der Waals surface area contributed by atoms with Crippen LogP contribution in [0.1, 0.15) is 20.3 Å². The van der Waals surface area contributed by atoms with Crippen molar-refractivity contribution in [2.75, 3.05) is 13.2 Å². The average Bonchev–Trinajstić information content (AvgIpc) is 2.70. The summed E-state index contributed by atoms with van der Waals surface area (Å²) < 4.78 is 1.61. The molecule has 0 aliphatic carbocycles. The second-order valence-corrected chi connectivity index (χ2v) is 3.96. The van der Waals surface area contributed by atoms with Crippen molar-refractivity contribution in [2.24, 2.45) is 0 Å². The van der Waals surface area contributed by atoms with E-state index in [0.717, 1.165) is 0 Å². The number of aliphatic hydroxyl groups excluding tert-OH is 1. The van der Waals surface area contributed by atoms with Gasteiger partial charge in [-0.25, -0.2) is 0 Å². The Kier molecular flexibility index (Phi) is 4.98. The van der Waals surface area contributed by atoms with Gasteiger partial charge in [0.1, 0.15) is 6.54 Å². The first-order valence-electron chi connectivity index (χ1n) is 5.53. The molecule has 0 atom stereocenters. The number of aromatic nitrogens is 2. The van der Waals surface area contributed by atoms with Gasteiger partial charge in [-0.1, -0.05) is 0 Å². The van der Waals surface area contributed by atoms with Crippen LogP contribution in [-0.2, 0) is 11.3 Å². The summed E-state index contributed by atoms with van der Waals surface area (Å²) >= 11 is 0. The van der Waals surface area contributed by atoms with Crippen LogP contribution in [0.25, 0.3) is 0 Å². The average molecular weight is 225 g/mol. The van der Waals surface area contributed by atoms with Crippen LogP contribution >= 0.6 is 0 Å². The highest BCUT2D eigenvalue weighted by Gasteiger charge is 2.16. The fourth-order valence-corrected chi connectivity index (χ4v) is 1.54. The molecule has 0 bridgehead atoms. The maximum Gasteiger partial charge on any atom is 0.244 e. The zero-order chi connectivity index (χ0) is 12.0. The number of hydrogen-bond donors (Lipinski definition) is 1. The number of aliphatic hydroxyl groups is 1. The molecule has 16 heavy (non-hydrogen) atoms. The third-order valence-electron chi connectivity index (χ3n) is 2.36. The summed E-state index contributed by atoms with van der Waals surface area (Å²) in [7, 11) is 0. The first-order chi connectivity index (χ1) is 7.65. The molecule has 1 N–H and O–H groups in total. The van der Waals surface area contributed by atoms with Crippen molar-refractivity contribution in [3.05, 3.63) is 18.5 Å². The van der Waals surface area contributed by atoms with Crippen LogP contribution in [0.5, 0.6) is 0 Å². The smallest absolute Gasteiger partial charge is 0.244 e. The number of hydrogen-bond acceptors (Lipinski definition) is 3. The Labute approximate surface area is 95.7 Å². The Morgan fingerprint density at radius 1 is 1.56 bits per heavy atom. The highest BCUT2D eigenvalue weighted by Crippen LogP contribution is 2.02. The van der Waals surface area contributed by atoms with E-state index in [2.05, 4.69) is 5.10 Å². The van der Waals surface area contributed by atoms with E-state index < -0.39 is 0 Å². The van der Waals surface area contributed by atoms with Gasteiger partial charge in [-0.05, 0) is 26.3 Å². The Morgan fingerprint density at radius 2 is 2.31 bits per heavy atom. The normalized spacial score (nSPS) is 10.8. The van der Waals surface area contributed by atoms with Crippen LogP contribution in [0.15, 0.2) is 18.5 Å². The molecule has 0 aromatic carbocycles. The molecule has 1 heterocycles. The van der Waals surface area contributed by atoms with E-state index in [9.17, 15) is 4.79 Å². The first-order valence-corrected chi connectivity index (χ1v) is 5.53. The summed E-state index contributed by atoms with van der Waals surface area (Å²) in [6.07, 6.45) is 4.03. The van der Waals surface area contributed by atoms with Gasteiger partial charge in [-0.2, -0.15) is 5.10 Å². The molecule has 1 rings (SSSR count). The Balaban J connectivity index is 2.53. The van der Waals surface area contributed by atoms with Crippen molar-refractivity contribution in [3.8, 4) is 0 Å². The molecule has 1 aromatic heterocycles. The standard InChI is InChI=1S/C11H19N3O2/c1-10(2)14(7-4-8-15)11(16)9-13-6-3-5-12-13/h3,5-6,10,15H,4,7-9H2,1-2H3. The maximum atomic E-state index is 11.9. The lowest BCUT2D eigenvalue weighted by Crippen LogP contribution is -2.40. The van der Waals surface area contributed by atoms with Crippen LogP contribution in [-0.4, -0.2) is 44.9 Å². The van der Waals surface area contributed by atoms with Crippen LogP contribution in [0.3, 0.4) is 0 Å². The summed E-state index contributed by atoms with van der Waals surface area (Å²) in [5, 5.41) is 12.8. The second-order valence-electron chi connectivity index (χ2n) is 3.96. The molecular weight excluding hydrogens is 206 g/mol. The minimum absolute atomic E-state index is 0.0344. The Morgan fingerprint density at radius 3 is 2.81 bits per heavy atom. The van der Waals surface area contributed by atoms with Gasteiger partial charge < -0.3 is 10.0 Å². The summed E-state index contributed by atoms with van der Waals surface area (Å²) in [4.78, 5) is 13.7. The van der Waals surface area contributed by atoms with E-state index in [0.29, 0.717) is 13.0 Å². The predicted molar refractivity (Wildman–Crippen MR) is 60.8 cm³/mol. The predicted octanol–water partition coefficient (Wildman–Crippen LogP) is 0.502. The quantitative estimate of drug-likeness (QED) is 0.767. The number of rotatable bonds is 6. The van der Waals surface area contributed by atoms with Gasteiger partial charge in [-0.15, -0.1) is 0 Å². The largest absolute Gasteiger partial charge is 0.396 e. The van der Waals surface area contributed by atoms with Gasteiger partial charge >= 0.3 is 0 Å². The maximum absolute atomic E-state index is 11.9. The van der Waals surface area contributed by atoms with Crippen molar-refractivity contribution in [1.82, 2.24) is 14.7 Å². The van der Waals surface area contributed by atoms with Crippen LogP contribution in [0.2, 0.25) is 0 Å². The molecule has 0 saturated heterocycles. The molecule has 1 amide bonds. The van der Waals surface area contributed by atoms with E-state index >= 15 is 0 Å². The van der Waals surface area contributed by atoms with Crippen molar-refractivity contribution in [3.63, 3.8) is 0 Å². The minimum atomic E-state index is 0.0344. The van der Waals surface area contributed by atoms with Crippen molar-refractivity contribution < 1.29 is 9.90 Å². The fourth-order valence-electron chi connectivity index (χ4n) is 1.54. The van der Waals surface area contributed by atoms with E-state index in [-0.39, 0.29) is 25.1 Å². The molecule has 0 aliphatic heterocycles. The fraction of sp³-hybridized carbons (Fsp3) is 0.636. The molecule has 0 unspecified atom stereocenters. The molecule has 0 fully saturated rings. The van der Waals surface area contributed by atoms with E-state index in [1.165, 1.54) is 0 Å². The van der Waals surface area contributed by atoms with Gasteiger partial charge in [0.2, 0.25) is 5.91 Å². The van der Waals surface area contributed by atoms with Gasteiger partial charge in [0.05, 0.1) is 0 Å². The monoisotopic (exact) mass is 225 g/mol. The summed E-state index contributed by atoms with van der Waals surface area (Å²) in [6, 6.07) is 1.94. The third-order valence-corrected chi connectivity index (χ3v) is 2.36. The molecule has 5 nitrogen and oxygen atoms in total. The second kappa shape index (κ2) is 6.27.